The van der Waals surface area contributed by atoms with Gasteiger partial charge in [-0.05, 0) is 55.5 Å². The topological polar surface area (TPSA) is 85.5 Å². The van der Waals surface area contributed by atoms with Crippen molar-refractivity contribution in [1.82, 2.24) is 10.2 Å². The van der Waals surface area contributed by atoms with Gasteiger partial charge >= 0.3 is 5.97 Å². The molecule has 0 aliphatic heterocycles. The molecule has 0 saturated heterocycles. The van der Waals surface area contributed by atoms with Crippen LogP contribution in [-0.4, -0.2) is 27.9 Å². The van der Waals surface area contributed by atoms with Gasteiger partial charge in [0, 0.05) is 15.1 Å². The van der Waals surface area contributed by atoms with E-state index in [0.717, 1.165) is 4.47 Å². The van der Waals surface area contributed by atoms with Gasteiger partial charge < -0.3 is 14.3 Å². The molecule has 0 saturated carbocycles. The second-order valence-electron chi connectivity index (χ2n) is 5.78. The van der Waals surface area contributed by atoms with Crippen molar-refractivity contribution in [3.8, 4) is 11.5 Å². The van der Waals surface area contributed by atoms with E-state index in [1.54, 1.807) is 48.5 Å². The molecule has 0 aliphatic rings. The fourth-order valence-corrected chi connectivity index (χ4v) is 2.48. The largest absolute Gasteiger partial charge is 0.458 e. The van der Waals surface area contributed by atoms with E-state index in [9.17, 15) is 9.90 Å². The number of halogens is 2. The Morgan fingerprint density at radius 2 is 1.85 bits per heavy atom. The lowest BCUT2D eigenvalue weighted by Gasteiger charge is -2.18. The second kappa shape index (κ2) is 7.57. The Hall–Kier alpha value is -2.22. The van der Waals surface area contributed by atoms with E-state index in [1.807, 2.05) is 0 Å². The minimum atomic E-state index is -1.62. The number of rotatable bonds is 5. The number of benzene rings is 2. The Labute approximate surface area is 162 Å². The number of aromatic nitrogens is 2. The molecule has 26 heavy (non-hydrogen) atoms. The molecule has 0 bridgehead atoms. The van der Waals surface area contributed by atoms with Gasteiger partial charge in [-0.3, -0.25) is 0 Å². The van der Waals surface area contributed by atoms with Crippen molar-refractivity contribution in [3.05, 3.63) is 69.5 Å². The number of esters is 1. The first-order chi connectivity index (χ1) is 12.3. The maximum absolute atomic E-state index is 12.1. The number of ether oxygens (including phenoxy) is 1. The van der Waals surface area contributed by atoms with Gasteiger partial charge in [-0.1, -0.05) is 27.5 Å². The molecule has 0 aliphatic carbocycles. The van der Waals surface area contributed by atoms with E-state index in [1.165, 1.54) is 6.92 Å². The summed E-state index contributed by atoms with van der Waals surface area (Å²) in [6, 6.07) is 13.5. The highest BCUT2D eigenvalue weighted by atomic mass is 79.9. The van der Waals surface area contributed by atoms with E-state index in [-0.39, 0.29) is 18.4 Å². The van der Waals surface area contributed by atoms with Crippen LogP contribution < -0.4 is 0 Å². The molecule has 3 rings (SSSR count). The first kappa shape index (κ1) is 18.6. The summed E-state index contributed by atoms with van der Waals surface area (Å²) in [5.74, 6) is -0.377. The summed E-state index contributed by atoms with van der Waals surface area (Å²) in [5, 5.41) is 18.9. The molecule has 6 nitrogen and oxygen atoms in total. The summed E-state index contributed by atoms with van der Waals surface area (Å²) >= 11 is 9.14. The summed E-state index contributed by atoms with van der Waals surface area (Å²) in [6.07, 6.45) is 0. The Morgan fingerprint density at radius 1 is 1.19 bits per heavy atom. The molecule has 0 radical (unpaired) electrons. The lowest BCUT2D eigenvalue weighted by atomic mass is 10.1. The zero-order valence-electron chi connectivity index (χ0n) is 13.6. The summed E-state index contributed by atoms with van der Waals surface area (Å²) in [7, 11) is 0. The zero-order chi connectivity index (χ0) is 18.7. The highest BCUT2D eigenvalue weighted by Crippen LogP contribution is 2.26. The number of carbonyl (C=O) groups is 1. The van der Waals surface area contributed by atoms with Gasteiger partial charge in [0.2, 0.25) is 5.89 Å². The highest BCUT2D eigenvalue weighted by molar-refractivity contribution is 9.10. The molecular formula is C18H14BrClN2O4. The highest BCUT2D eigenvalue weighted by Gasteiger charge is 2.32. The van der Waals surface area contributed by atoms with Crippen LogP contribution in [0.2, 0.25) is 5.02 Å². The third-order valence-corrected chi connectivity index (χ3v) is 4.32. The summed E-state index contributed by atoms with van der Waals surface area (Å²) < 4.78 is 11.5. The summed E-state index contributed by atoms with van der Waals surface area (Å²) in [4.78, 5) is 12.1. The number of carbonyl (C=O) groups excluding carboxylic acids is 1. The molecule has 8 heteroatoms. The first-order valence-corrected chi connectivity index (χ1v) is 8.77. The van der Waals surface area contributed by atoms with Gasteiger partial charge in [0.15, 0.2) is 5.60 Å². The molecule has 0 spiro atoms. The number of hydrogen-bond donors (Lipinski definition) is 1. The molecule has 0 amide bonds. The smallest absolute Gasteiger partial charge is 0.338 e. The van der Waals surface area contributed by atoms with E-state index in [0.29, 0.717) is 16.1 Å². The molecule has 1 heterocycles. The molecule has 1 N–H and O–H groups in total. The van der Waals surface area contributed by atoms with Crippen LogP contribution in [-0.2, 0) is 10.3 Å². The van der Waals surface area contributed by atoms with Crippen molar-refractivity contribution in [2.24, 2.45) is 0 Å². The fraction of sp³-hybridized carbons (Fsp3) is 0.167. The maximum atomic E-state index is 12.1. The van der Waals surface area contributed by atoms with Crippen LogP contribution >= 0.6 is 27.5 Å². The van der Waals surface area contributed by atoms with Crippen molar-refractivity contribution >= 4 is 33.5 Å². The predicted molar refractivity (Wildman–Crippen MR) is 98.7 cm³/mol. The predicted octanol–water partition coefficient (Wildman–Crippen LogP) is 4.22. The normalized spacial score (nSPS) is 13.2. The van der Waals surface area contributed by atoms with Crippen molar-refractivity contribution in [3.63, 3.8) is 0 Å². The van der Waals surface area contributed by atoms with E-state index >= 15 is 0 Å². The van der Waals surface area contributed by atoms with Crippen molar-refractivity contribution in [1.29, 1.82) is 0 Å². The number of aliphatic hydroxyl groups is 1. The molecule has 134 valence electrons. The van der Waals surface area contributed by atoms with Crippen molar-refractivity contribution in [2.75, 3.05) is 6.61 Å². The molecular weight excluding hydrogens is 424 g/mol. The minimum absolute atomic E-state index is 0.0499. The average molecular weight is 438 g/mol. The van der Waals surface area contributed by atoms with Crippen LogP contribution in [0.25, 0.3) is 11.5 Å². The third-order valence-electron chi connectivity index (χ3n) is 3.54. The zero-order valence-corrected chi connectivity index (χ0v) is 16.0. The van der Waals surface area contributed by atoms with Crippen LogP contribution in [0.1, 0.15) is 23.2 Å². The molecule has 1 aromatic heterocycles. The Bertz CT molecular complexity index is 908. The van der Waals surface area contributed by atoms with Gasteiger partial charge in [0.1, 0.15) is 6.61 Å². The lowest BCUT2D eigenvalue weighted by Crippen LogP contribution is -2.29. The average Bonchev–Trinajstić information content (AvgIpc) is 3.12. The monoisotopic (exact) mass is 436 g/mol. The lowest BCUT2D eigenvalue weighted by molar-refractivity contribution is -0.0392. The Balaban J connectivity index is 1.69. The Kier molecular flexibility index (Phi) is 5.41. The maximum Gasteiger partial charge on any atom is 0.338 e. The summed E-state index contributed by atoms with van der Waals surface area (Å²) in [5.41, 5.74) is -0.588. The van der Waals surface area contributed by atoms with Gasteiger partial charge in [0.05, 0.1) is 5.56 Å². The number of hydrogen-bond acceptors (Lipinski definition) is 6. The van der Waals surface area contributed by atoms with Gasteiger partial charge in [-0.2, -0.15) is 0 Å². The first-order valence-electron chi connectivity index (χ1n) is 7.60. The third kappa shape index (κ3) is 4.30. The van der Waals surface area contributed by atoms with Crippen LogP contribution in [0.15, 0.2) is 57.4 Å². The van der Waals surface area contributed by atoms with Crippen molar-refractivity contribution in [2.45, 2.75) is 12.5 Å². The fourth-order valence-electron chi connectivity index (χ4n) is 2.09. The molecule has 1 unspecified atom stereocenters. The van der Waals surface area contributed by atoms with Gasteiger partial charge in [-0.15, -0.1) is 10.2 Å². The number of nitrogens with zero attached hydrogens (tertiary/aromatic N) is 2. The van der Waals surface area contributed by atoms with E-state index in [4.69, 9.17) is 20.8 Å². The second-order valence-corrected chi connectivity index (χ2v) is 7.13. The quantitative estimate of drug-likeness (QED) is 0.602. The summed E-state index contributed by atoms with van der Waals surface area (Å²) in [6.45, 7) is 1.10. The van der Waals surface area contributed by atoms with Crippen LogP contribution in [0.3, 0.4) is 0 Å². The van der Waals surface area contributed by atoms with Crippen molar-refractivity contribution < 1.29 is 19.1 Å². The molecule has 2 aromatic carbocycles. The van der Waals surface area contributed by atoms with Gasteiger partial charge in [-0.25, -0.2) is 4.79 Å². The molecule has 1 atom stereocenters. The Morgan fingerprint density at radius 3 is 2.50 bits per heavy atom. The van der Waals surface area contributed by atoms with Gasteiger partial charge in [0.25, 0.3) is 5.89 Å². The van der Waals surface area contributed by atoms with Crippen LogP contribution in [0.4, 0.5) is 0 Å². The van der Waals surface area contributed by atoms with E-state index < -0.39 is 11.6 Å². The molecule has 0 fully saturated rings. The standard InChI is InChI=1S/C18H14BrClN2O4/c1-18(24,10-25-16(23)12-2-6-13(19)7-3-12)17-22-21-15(26-17)11-4-8-14(20)9-5-11/h2-9,24H,10H2,1H3. The van der Waals surface area contributed by atoms with Crippen LogP contribution in [0, 0.1) is 0 Å². The SMILES string of the molecule is CC(O)(COC(=O)c1ccc(Br)cc1)c1nnc(-c2ccc(Cl)cc2)o1. The van der Waals surface area contributed by atoms with Crippen LogP contribution in [0.5, 0.6) is 0 Å². The minimum Gasteiger partial charge on any atom is -0.458 e. The molecule has 3 aromatic rings. The van der Waals surface area contributed by atoms with E-state index in [2.05, 4.69) is 26.1 Å².